The number of benzene rings is 12. The zero-order chi connectivity index (χ0) is 56.3. The molecule has 0 aliphatic rings. The molecule has 0 bridgehead atoms. The van der Waals surface area contributed by atoms with E-state index in [4.69, 9.17) is 0 Å². The molecule has 0 spiro atoms. The van der Waals surface area contributed by atoms with Gasteiger partial charge >= 0.3 is 0 Å². The van der Waals surface area contributed by atoms with Gasteiger partial charge in [0.25, 0.3) is 0 Å². The van der Waals surface area contributed by atoms with Crippen LogP contribution in [0.3, 0.4) is 0 Å². The molecule has 396 valence electrons. The Morgan fingerprint density at radius 2 is 0.667 bits per heavy atom. The summed E-state index contributed by atoms with van der Waals surface area (Å²) >= 11 is 0. The average Bonchev–Trinajstić information content (AvgIpc) is 3.70. The Bertz CT molecular complexity index is 4140. The van der Waals surface area contributed by atoms with Crippen molar-refractivity contribution in [2.75, 3.05) is 0 Å². The van der Waals surface area contributed by atoms with Crippen molar-refractivity contribution in [2.45, 2.75) is 0 Å². The molecule has 6 heterocycles. The lowest BCUT2D eigenvalue weighted by Gasteiger charge is -2.02. The van der Waals surface area contributed by atoms with Gasteiger partial charge in [-0.25, -0.2) is 0 Å². The van der Waals surface area contributed by atoms with Crippen molar-refractivity contribution in [1.82, 2.24) is 25.1 Å². The molecule has 0 aliphatic carbocycles. The summed E-state index contributed by atoms with van der Waals surface area (Å²) in [5.41, 5.74) is 7.74. The van der Waals surface area contributed by atoms with Gasteiger partial charge in [-0.3, -0.25) is 15.0 Å². The molecular formula is C77H54N5PSi. The topological polar surface area (TPSA) is 64.5 Å². The molecule has 0 fully saturated rings. The van der Waals surface area contributed by atoms with Gasteiger partial charge in [0, 0.05) is 60.8 Å². The Kier molecular flexibility index (Phi) is 15.8. The first-order valence-electron chi connectivity index (χ1n) is 28.0. The van der Waals surface area contributed by atoms with E-state index in [2.05, 4.69) is 266 Å². The molecule has 0 saturated carbocycles. The smallest absolute Gasteiger partial charge is 0.0936 e. The van der Waals surface area contributed by atoms with Crippen molar-refractivity contribution in [1.29, 1.82) is 0 Å². The molecule has 18 rings (SSSR count). The van der Waals surface area contributed by atoms with Crippen LogP contribution in [0.15, 0.2) is 321 Å². The molecule has 0 amide bonds. The molecule has 5 nitrogen and oxygen atoms in total. The summed E-state index contributed by atoms with van der Waals surface area (Å²) in [6.07, 6.45) is 9.24. The predicted octanol–water partition coefficient (Wildman–Crippen LogP) is 20.6. The number of nitrogens with zero attached hydrogens (tertiary/aromatic N) is 5. The van der Waals surface area contributed by atoms with Crippen molar-refractivity contribution in [3.05, 3.63) is 321 Å². The summed E-state index contributed by atoms with van der Waals surface area (Å²) in [5, 5.41) is 35.0. The molecule has 0 atom stereocenters. The minimum atomic E-state index is 0.381. The van der Waals surface area contributed by atoms with E-state index in [1.807, 2.05) is 73.3 Å². The van der Waals surface area contributed by atoms with Crippen LogP contribution in [-0.4, -0.2) is 34.3 Å². The number of rotatable bonds is 0. The minimum Gasteiger partial charge on any atom is -0.264 e. The summed E-state index contributed by atoms with van der Waals surface area (Å²) < 4.78 is 0. The van der Waals surface area contributed by atoms with E-state index < -0.39 is 0 Å². The predicted molar refractivity (Wildman–Crippen MR) is 363 cm³/mol. The maximum Gasteiger partial charge on any atom is 0.0936 e. The molecular weight excluding hydrogens is 1050 g/mol. The zero-order valence-electron chi connectivity index (χ0n) is 45.9. The van der Waals surface area contributed by atoms with Gasteiger partial charge in [0.2, 0.25) is 0 Å². The second kappa shape index (κ2) is 25.1. The third kappa shape index (κ3) is 11.5. The molecule has 0 unspecified atom stereocenters. The van der Waals surface area contributed by atoms with Crippen LogP contribution < -0.4 is 0 Å². The van der Waals surface area contributed by atoms with Crippen LogP contribution >= 0.6 is 8.19 Å². The summed E-state index contributed by atoms with van der Waals surface area (Å²) in [7, 11) is 1.67. The first-order valence-corrected chi connectivity index (χ1v) is 30.4. The highest BCUT2D eigenvalue weighted by molar-refractivity contribution is 7.28. The van der Waals surface area contributed by atoms with Gasteiger partial charge in [0.05, 0.1) is 22.7 Å². The Morgan fingerprint density at radius 1 is 0.262 bits per heavy atom. The highest BCUT2D eigenvalue weighted by atomic mass is 31.0. The van der Waals surface area contributed by atoms with E-state index in [1.54, 1.807) is 6.20 Å². The highest BCUT2D eigenvalue weighted by Crippen LogP contribution is 2.30. The monoisotopic (exact) mass is 1110 g/mol. The maximum absolute atomic E-state index is 4.41. The normalized spacial score (nSPS) is 11.0. The zero-order valence-corrected chi connectivity index (χ0v) is 47.9. The van der Waals surface area contributed by atoms with Gasteiger partial charge in [-0.05, 0) is 140 Å². The van der Waals surface area contributed by atoms with Gasteiger partial charge in [-0.15, -0.1) is 0 Å². The second-order valence-corrected chi connectivity index (χ2v) is 22.2. The van der Waals surface area contributed by atoms with Crippen LogP contribution in [0.5, 0.6) is 0 Å². The van der Waals surface area contributed by atoms with Crippen LogP contribution in [-0.2, 0) is 0 Å². The van der Waals surface area contributed by atoms with Gasteiger partial charge in [-0.1, -0.05) is 244 Å². The third-order valence-corrected chi connectivity index (χ3v) is 16.9. The van der Waals surface area contributed by atoms with E-state index in [1.165, 1.54) is 116 Å². The maximum atomic E-state index is 4.41. The quantitative estimate of drug-likeness (QED) is 0.112. The SMILES string of the molecule is c1ccc2c(c1)ccc1c[siH]ccc12.c1ccc2c(c1)ccc1cnccc12.c1ccc2c(c1)ccc1cpccc12.c1ccc2c(c1)ccc1ncccc12.c1ccc2c(c1)ccc1nnccc12.c1ccc2c(c1)cnc1ccccc12. The molecule has 18 aromatic rings. The third-order valence-electron chi connectivity index (χ3n) is 15.2. The fourth-order valence-electron chi connectivity index (χ4n) is 11.1. The molecule has 0 N–H and O–H groups in total. The lowest BCUT2D eigenvalue weighted by molar-refractivity contribution is 1.08. The van der Waals surface area contributed by atoms with Crippen LogP contribution in [0.2, 0.25) is 0 Å². The summed E-state index contributed by atoms with van der Waals surface area (Å²) in [4.78, 5) is 12.9. The molecule has 12 aromatic carbocycles. The van der Waals surface area contributed by atoms with E-state index in [0.29, 0.717) is 9.12 Å². The van der Waals surface area contributed by atoms with Gasteiger partial charge in [-0.2, -0.15) is 10.2 Å². The molecule has 0 saturated heterocycles. The Balaban J connectivity index is 0.0000000940. The van der Waals surface area contributed by atoms with E-state index in [9.17, 15) is 0 Å². The number of pyridine rings is 3. The number of aromatic nitrogens is 5. The van der Waals surface area contributed by atoms with Crippen LogP contribution in [0, 0.1) is 0 Å². The Hall–Kier alpha value is -10.5. The van der Waals surface area contributed by atoms with Gasteiger partial charge in [0.15, 0.2) is 0 Å². The van der Waals surface area contributed by atoms with E-state index in [0.717, 1.165) is 21.9 Å². The van der Waals surface area contributed by atoms with Crippen molar-refractivity contribution in [3.63, 3.8) is 0 Å². The average molecular weight is 1110 g/mol. The van der Waals surface area contributed by atoms with Crippen LogP contribution in [0.25, 0.3) is 130 Å². The van der Waals surface area contributed by atoms with Gasteiger partial charge < -0.3 is 0 Å². The number of hydrogen-bond donors (Lipinski definition) is 0. The lowest BCUT2D eigenvalue weighted by atomic mass is 10.0. The Labute approximate surface area is 490 Å². The molecule has 84 heavy (non-hydrogen) atoms. The molecule has 7 heteroatoms. The van der Waals surface area contributed by atoms with Crippen molar-refractivity contribution >= 4 is 147 Å². The van der Waals surface area contributed by atoms with Gasteiger partial charge in [0.1, 0.15) is 0 Å². The first-order chi connectivity index (χ1) is 41.7. The van der Waals surface area contributed by atoms with E-state index >= 15 is 0 Å². The van der Waals surface area contributed by atoms with Crippen molar-refractivity contribution in [3.8, 4) is 0 Å². The standard InChI is InChI=1S/3C13H9N.C13H9P.C13H10Si.C12H8N2/c1-2-6-11-10(5-1)9-14-13-8-4-3-7-12(11)13;1-2-5-11-10(4-1)7-8-13-12(11)6-3-9-14-13;3*1-2-4-12-10(3-1)5-6-11-9-14-8-7-13(11)12;1-2-4-10-9(3-1)5-6-12-11(10)7-8-13-14-12/h4*1-9H;1-9,14H;1-8H. The number of para-hydroxylation sites is 1. The fraction of sp³-hybridized carbons (Fsp3) is 0. The highest BCUT2D eigenvalue weighted by Gasteiger charge is 2.04. The second-order valence-electron chi connectivity index (χ2n) is 20.2. The number of hydrogen-bond acceptors (Lipinski definition) is 5. The first kappa shape index (κ1) is 52.9. The summed E-state index contributed by atoms with van der Waals surface area (Å²) in [6.45, 7) is 0. The molecule has 6 aromatic heterocycles. The fourth-order valence-corrected chi connectivity index (χ4v) is 12.7. The van der Waals surface area contributed by atoms with Crippen molar-refractivity contribution in [2.24, 2.45) is 0 Å². The van der Waals surface area contributed by atoms with Crippen molar-refractivity contribution < 1.29 is 0 Å². The molecule has 0 radical (unpaired) electrons. The van der Waals surface area contributed by atoms with E-state index in [-0.39, 0.29) is 0 Å². The minimum absolute atomic E-state index is 0.381. The summed E-state index contributed by atoms with van der Waals surface area (Å²) in [5.74, 6) is 4.44. The molecule has 0 aliphatic heterocycles. The van der Waals surface area contributed by atoms with Crippen LogP contribution in [0.1, 0.15) is 0 Å². The summed E-state index contributed by atoms with van der Waals surface area (Å²) in [6, 6.07) is 92.8. The Morgan fingerprint density at radius 3 is 1.30 bits per heavy atom. The lowest BCUT2D eigenvalue weighted by Crippen LogP contribution is -1.83. The van der Waals surface area contributed by atoms with Crippen LogP contribution in [0.4, 0.5) is 0 Å². The number of fused-ring (bicyclic) bond motifs is 18. The largest absolute Gasteiger partial charge is 0.264 e.